The van der Waals surface area contributed by atoms with Crippen molar-refractivity contribution in [2.24, 2.45) is 0 Å². The number of methoxy groups -OCH3 is 1. The zero-order chi connectivity index (χ0) is 11.4. The summed E-state index contributed by atoms with van der Waals surface area (Å²) in [6.07, 6.45) is 3.61. The van der Waals surface area contributed by atoms with Gasteiger partial charge in [-0.3, -0.25) is 0 Å². The topological polar surface area (TPSA) is 70.5 Å². The van der Waals surface area contributed by atoms with Crippen molar-refractivity contribution in [3.05, 3.63) is 18.1 Å². The second-order valence-electron chi connectivity index (χ2n) is 3.33. The molecule has 1 atom stereocenters. The number of esters is 1. The number of hydrogen-bond acceptors (Lipinski definition) is 6. The lowest BCUT2D eigenvalue weighted by atomic mass is 10.3. The Balaban J connectivity index is 1.98. The van der Waals surface area contributed by atoms with Gasteiger partial charge in [-0.05, 0) is 0 Å². The van der Waals surface area contributed by atoms with Crippen molar-refractivity contribution < 1.29 is 19.0 Å². The molecule has 1 aliphatic rings. The number of carbonyl (C=O) groups excluding carboxylic acids is 1. The van der Waals surface area contributed by atoms with Gasteiger partial charge in [0.15, 0.2) is 5.69 Å². The highest BCUT2D eigenvalue weighted by molar-refractivity contribution is 5.86. The minimum atomic E-state index is -0.511. The molecule has 2 heterocycles. The average molecular weight is 224 g/mol. The molecule has 0 aromatic carbocycles. The molecule has 1 aromatic rings. The molecule has 86 valence electrons. The first-order valence-corrected chi connectivity index (χ1v) is 4.94. The largest absolute Gasteiger partial charge is 0.471 e. The number of ether oxygens (including phenoxy) is 3. The minimum absolute atomic E-state index is 0.0262. The van der Waals surface area contributed by atoms with E-state index in [9.17, 15) is 4.79 Å². The van der Waals surface area contributed by atoms with Crippen LogP contribution in [0.25, 0.3) is 0 Å². The smallest absolute Gasteiger partial charge is 0.358 e. The Labute approximate surface area is 92.6 Å². The molecule has 1 aromatic heterocycles. The number of aromatic nitrogens is 2. The van der Waals surface area contributed by atoms with E-state index in [2.05, 4.69) is 14.7 Å². The van der Waals surface area contributed by atoms with E-state index in [1.165, 1.54) is 19.5 Å². The van der Waals surface area contributed by atoms with Crippen molar-refractivity contribution in [1.82, 2.24) is 9.97 Å². The van der Waals surface area contributed by atoms with Gasteiger partial charge in [-0.2, -0.15) is 0 Å². The highest BCUT2D eigenvalue weighted by atomic mass is 16.5. The van der Waals surface area contributed by atoms with Crippen molar-refractivity contribution in [1.29, 1.82) is 0 Å². The molecule has 0 radical (unpaired) electrons. The Bertz CT molecular complexity index is 360. The minimum Gasteiger partial charge on any atom is -0.471 e. The first-order chi connectivity index (χ1) is 7.79. The fourth-order valence-corrected chi connectivity index (χ4v) is 1.36. The van der Waals surface area contributed by atoms with Crippen molar-refractivity contribution in [3.63, 3.8) is 0 Å². The Morgan fingerprint density at radius 1 is 1.50 bits per heavy atom. The molecule has 1 unspecified atom stereocenters. The number of hydrogen-bond donors (Lipinski definition) is 0. The maximum absolute atomic E-state index is 11.1. The first kappa shape index (κ1) is 10.8. The molecule has 2 rings (SSSR count). The highest BCUT2D eigenvalue weighted by Crippen LogP contribution is 2.13. The molecule has 0 aliphatic carbocycles. The van der Waals surface area contributed by atoms with Crippen LogP contribution >= 0.6 is 0 Å². The summed E-state index contributed by atoms with van der Waals surface area (Å²) in [6, 6.07) is 0. The van der Waals surface area contributed by atoms with E-state index >= 15 is 0 Å². The molecule has 0 bridgehead atoms. The van der Waals surface area contributed by atoms with Crippen LogP contribution < -0.4 is 4.74 Å². The van der Waals surface area contributed by atoms with Crippen LogP contribution in [0.1, 0.15) is 16.9 Å². The Morgan fingerprint density at radius 3 is 2.94 bits per heavy atom. The van der Waals surface area contributed by atoms with Crippen molar-refractivity contribution in [2.45, 2.75) is 12.5 Å². The molecule has 1 saturated heterocycles. The van der Waals surface area contributed by atoms with Gasteiger partial charge in [-0.15, -0.1) is 0 Å². The molecule has 1 fully saturated rings. The lowest BCUT2D eigenvalue weighted by molar-refractivity contribution is 0.0593. The summed E-state index contributed by atoms with van der Waals surface area (Å²) < 4.78 is 15.2. The van der Waals surface area contributed by atoms with Crippen LogP contribution in [0, 0.1) is 0 Å². The number of rotatable bonds is 3. The molecule has 6 heteroatoms. The van der Waals surface area contributed by atoms with Crippen LogP contribution in [-0.2, 0) is 9.47 Å². The third kappa shape index (κ3) is 2.46. The van der Waals surface area contributed by atoms with Crippen LogP contribution in [0.5, 0.6) is 5.88 Å². The second kappa shape index (κ2) is 4.89. The lowest BCUT2D eigenvalue weighted by Crippen LogP contribution is -2.17. The summed E-state index contributed by atoms with van der Waals surface area (Å²) in [7, 11) is 1.30. The molecule has 0 saturated carbocycles. The van der Waals surface area contributed by atoms with Gasteiger partial charge in [-0.1, -0.05) is 0 Å². The SMILES string of the molecule is COC(=O)c1cnc(OC2CCOC2)cn1. The van der Waals surface area contributed by atoms with Crippen LogP contribution in [-0.4, -0.2) is 42.4 Å². The van der Waals surface area contributed by atoms with Gasteiger partial charge in [0.25, 0.3) is 0 Å². The van der Waals surface area contributed by atoms with E-state index in [0.717, 1.165) is 6.42 Å². The Kier molecular flexibility index (Phi) is 3.31. The third-order valence-corrected chi connectivity index (χ3v) is 2.20. The first-order valence-electron chi connectivity index (χ1n) is 4.94. The van der Waals surface area contributed by atoms with E-state index in [-0.39, 0.29) is 11.8 Å². The van der Waals surface area contributed by atoms with Crippen LogP contribution in [0.15, 0.2) is 12.4 Å². The Morgan fingerprint density at radius 2 is 2.38 bits per heavy atom. The van der Waals surface area contributed by atoms with Gasteiger partial charge in [0.05, 0.1) is 32.7 Å². The summed E-state index contributed by atoms with van der Waals surface area (Å²) in [5.74, 6) is -0.119. The summed E-state index contributed by atoms with van der Waals surface area (Å²) >= 11 is 0. The predicted octanol–water partition coefficient (Wildman–Crippen LogP) is 0.431. The van der Waals surface area contributed by atoms with E-state index in [0.29, 0.717) is 19.1 Å². The summed E-state index contributed by atoms with van der Waals surface area (Å²) in [5, 5.41) is 0. The summed E-state index contributed by atoms with van der Waals surface area (Å²) in [6.45, 7) is 1.28. The van der Waals surface area contributed by atoms with E-state index in [1.807, 2.05) is 0 Å². The molecule has 0 amide bonds. The van der Waals surface area contributed by atoms with E-state index < -0.39 is 5.97 Å². The standard InChI is InChI=1S/C10H12N2O4/c1-14-10(13)8-4-12-9(5-11-8)16-7-2-3-15-6-7/h4-5,7H,2-3,6H2,1H3. The van der Waals surface area contributed by atoms with Gasteiger partial charge in [0, 0.05) is 6.42 Å². The molecule has 0 spiro atoms. The van der Waals surface area contributed by atoms with E-state index in [1.54, 1.807) is 0 Å². The fraction of sp³-hybridized carbons (Fsp3) is 0.500. The normalized spacial score (nSPS) is 19.4. The summed E-state index contributed by atoms with van der Waals surface area (Å²) in [4.78, 5) is 18.9. The summed E-state index contributed by atoms with van der Waals surface area (Å²) in [5.41, 5.74) is 0.164. The quantitative estimate of drug-likeness (QED) is 0.693. The predicted molar refractivity (Wildman–Crippen MR) is 53.2 cm³/mol. The molecule has 6 nitrogen and oxygen atoms in total. The van der Waals surface area contributed by atoms with Crippen molar-refractivity contribution >= 4 is 5.97 Å². The fourth-order valence-electron chi connectivity index (χ4n) is 1.36. The average Bonchev–Trinajstić information content (AvgIpc) is 2.82. The maximum atomic E-state index is 11.1. The van der Waals surface area contributed by atoms with Gasteiger partial charge in [0.1, 0.15) is 6.10 Å². The van der Waals surface area contributed by atoms with Crippen molar-refractivity contribution in [2.75, 3.05) is 20.3 Å². The molecule has 1 aliphatic heterocycles. The molecule has 0 N–H and O–H groups in total. The number of carbonyl (C=O) groups is 1. The zero-order valence-electron chi connectivity index (χ0n) is 8.88. The molecule has 16 heavy (non-hydrogen) atoms. The maximum Gasteiger partial charge on any atom is 0.358 e. The molecular formula is C10H12N2O4. The molecular weight excluding hydrogens is 212 g/mol. The monoisotopic (exact) mass is 224 g/mol. The van der Waals surface area contributed by atoms with Crippen LogP contribution in [0.3, 0.4) is 0 Å². The van der Waals surface area contributed by atoms with Gasteiger partial charge < -0.3 is 14.2 Å². The zero-order valence-corrected chi connectivity index (χ0v) is 8.88. The second-order valence-corrected chi connectivity index (χ2v) is 3.33. The number of nitrogens with zero attached hydrogens (tertiary/aromatic N) is 2. The highest BCUT2D eigenvalue weighted by Gasteiger charge is 2.18. The lowest BCUT2D eigenvalue weighted by Gasteiger charge is -2.09. The Hall–Kier alpha value is -1.69. The van der Waals surface area contributed by atoms with Gasteiger partial charge >= 0.3 is 5.97 Å². The van der Waals surface area contributed by atoms with Crippen molar-refractivity contribution in [3.8, 4) is 5.88 Å². The third-order valence-electron chi connectivity index (χ3n) is 2.20. The van der Waals surface area contributed by atoms with E-state index in [4.69, 9.17) is 9.47 Å². The van der Waals surface area contributed by atoms with Crippen LogP contribution in [0.4, 0.5) is 0 Å². The van der Waals surface area contributed by atoms with Gasteiger partial charge in [-0.25, -0.2) is 14.8 Å². The van der Waals surface area contributed by atoms with Crippen LogP contribution in [0.2, 0.25) is 0 Å². The van der Waals surface area contributed by atoms with Gasteiger partial charge in [0.2, 0.25) is 5.88 Å².